The number of anilines is 1. The monoisotopic (exact) mass is 304 g/mol. The molecule has 2 rings (SSSR count). The van der Waals surface area contributed by atoms with E-state index >= 15 is 0 Å². The molecule has 0 bridgehead atoms. The van der Waals surface area contributed by atoms with Crippen molar-refractivity contribution in [1.82, 2.24) is 0 Å². The van der Waals surface area contributed by atoms with Crippen LogP contribution < -0.4 is 10.6 Å². The average molecular weight is 304 g/mol. The van der Waals surface area contributed by atoms with Gasteiger partial charge in [-0.15, -0.1) is 0 Å². The fourth-order valence-electron chi connectivity index (χ4n) is 2.17. The van der Waals surface area contributed by atoms with Crippen molar-refractivity contribution in [2.75, 3.05) is 18.2 Å². The lowest BCUT2D eigenvalue weighted by Crippen LogP contribution is -2.16. The largest absolute Gasteiger partial charge is 0.370 e. The average Bonchev–Trinajstić information content (AvgIpc) is 2.46. The van der Waals surface area contributed by atoms with Crippen LogP contribution in [0, 0.1) is 0 Å². The summed E-state index contributed by atoms with van der Waals surface area (Å²) in [6.45, 7) is 1.27. The summed E-state index contributed by atoms with van der Waals surface area (Å²) < 4.78 is 22.9. The highest BCUT2D eigenvalue weighted by molar-refractivity contribution is 7.90. The lowest BCUT2D eigenvalue weighted by Gasteiger charge is -2.20. The SMILES string of the molecule is CN(Cc1cccc(CN)c1)c1ccc(S(C)(=O)=O)cc1. The number of hydrogen-bond acceptors (Lipinski definition) is 4. The zero-order valence-electron chi connectivity index (χ0n) is 12.3. The van der Waals surface area contributed by atoms with E-state index < -0.39 is 9.84 Å². The second-order valence-electron chi connectivity index (χ2n) is 5.15. The molecule has 0 heterocycles. The first kappa shape index (κ1) is 15.5. The van der Waals surface area contributed by atoms with Crippen LogP contribution in [0.5, 0.6) is 0 Å². The van der Waals surface area contributed by atoms with E-state index in [1.54, 1.807) is 12.1 Å². The Balaban J connectivity index is 2.14. The second kappa shape index (κ2) is 6.28. The van der Waals surface area contributed by atoms with E-state index in [1.807, 2.05) is 31.3 Å². The van der Waals surface area contributed by atoms with Crippen molar-refractivity contribution >= 4 is 15.5 Å². The summed E-state index contributed by atoms with van der Waals surface area (Å²) in [5.74, 6) is 0. The van der Waals surface area contributed by atoms with Crippen LogP contribution in [0.15, 0.2) is 53.4 Å². The van der Waals surface area contributed by atoms with Gasteiger partial charge in [-0.25, -0.2) is 8.42 Å². The van der Waals surface area contributed by atoms with Gasteiger partial charge in [-0.3, -0.25) is 0 Å². The quantitative estimate of drug-likeness (QED) is 0.919. The number of nitrogens with zero attached hydrogens (tertiary/aromatic N) is 1. The minimum absolute atomic E-state index is 0.338. The minimum atomic E-state index is -3.15. The molecule has 0 fully saturated rings. The molecule has 0 radical (unpaired) electrons. The Morgan fingerprint density at radius 3 is 2.24 bits per heavy atom. The third-order valence-electron chi connectivity index (χ3n) is 3.35. The molecule has 0 saturated carbocycles. The van der Waals surface area contributed by atoms with E-state index in [-0.39, 0.29) is 0 Å². The molecule has 0 amide bonds. The fourth-order valence-corrected chi connectivity index (χ4v) is 2.80. The Hall–Kier alpha value is -1.85. The van der Waals surface area contributed by atoms with E-state index in [0.29, 0.717) is 11.4 Å². The van der Waals surface area contributed by atoms with Crippen molar-refractivity contribution in [3.8, 4) is 0 Å². The predicted octanol–water partition coefficient (Wildman–Crippen LogP) is 2.19. The Bertz CT molecular complexity index is 709. The van der Waals surface area contributed by atoms with Crippen LogP contribution in [0.2, 0.25) is 0 Å². The number of nitrogens with two attached hydrogens (primary N) is 1. The van der Waals surface area contributed by atoms with Gasteiger partial charge in [0.1, 0.15) is 0 Å². The van der Waals surface area contributed by atoms with E-state index in [1.165, 1.54) is 11.8 Å². The van der Waals surface area contributed by atoms with Crippen LogP contribution in [0.1, 0.15) is 11.1 Å². The molecule has 21 heavy (non-hydrogen) atoms. The molecule has 2 N–H and O–H groups in total. The molecule has 0 aromatic heterocycles. The Morgan fingerprint density at radius 2 is 1.67 bits per heavy atom. The van der Waals surface area contributed by atoms with Crippen LogP contribution >= 0.6 is 0 Å². The third-order valence-corrected chi connectivity index (χ3v) is 4.48. The molecule has 0 saturated heterocycles. The van der Waals surface area contributed by atoms with Crippen molar-refractivity contribution in [1.29, 1.82) is 0 Å². The summed E-state index contributed by atoms with van der Waals surface area (Å²) in [6, 6.07) is 15.1. The van der Waals surface area contributed by atoms with E-state index in [4.69, 9.17) is 5.73 Å². The molecule has 112 valence electrons. The predicted molar refractivity (Wildman–Crippen MR) is 86.0 cm³/mol. The summed E-state index contributed by atoms with van der Waals surface area (Å²) in [6.07, 6.45) is 1.21. The summed E-state index contributed by atoms with van der Waals surface area (Å²) >= 11 is 0. The Labute approximate surface area is 126 Å². The molecular formula is C16H20N2O2S. The Morgan fingerprint density at radius 1 is 1.05 bits per heavy atom. The molecular weight excluding hydrogens is 284 g/mol. The third kappa shape index (κ3) is 4.06. The smallest absolute Gasteiger partial charge is 0.175 e. The Kier molecular flexibility index (Phi) is 4.65. The van der Waals surface area contributed by atoms with Gasteiger partial charge in [0.05, 0.1) is 4.90 Å². The van der Waals surface area contributed by atoms with Crippen LogP contribution in [0.25, 0.3) is 0 Å². The number of benzene rings is 2. The van der Waals surface area contributed by atoms with Crippen LogP contribution in [-0.4, -0.2) is 21.7 Å². The number of sulfone groups is 1. The number of hydrogen-bond donors (Lipinski definition) is 1. The lowest BCUT2D eigenvalue weighted by atomic mass is 10.1. The molecule has 2 aromatic carbocycles. The minimum Gasteiger partial charge on any atom is -0.370 e. The molecule has 2 aromatic rings. The van der Waals surface area contributed by atoms with E-state index in [2.05, 4.69) is 17.0 Å². The van der Waals surface area contributed by atoms with Crippen molar-refractivity contribution in [3.05, 3.63) is 59.7 Å². The molecule has 5 heteroatoms. The van der Waals surface area contributed by atoms with Crippen molar-refractivity contribution < 1.29 is 8.42 Å². The van der Waals surface area contributed by atoms with Crippen molar-refractivity contribution in [2.45, 2.75) is 18.0 Å². The first-order valence-corrected chi connectivity index (χ1v) is 8.58. The molecule has 0 aliphatic heterocycles. The van der Waals surface area contributed by atoms with Crippen LogP contribution in [0.3, 0.4) is 0 Å². The summed E-state index contributed by atoms with van der Waals surface area (Å²) in [5.41, 5.74) is 8.90. The highest BCUT2D eigenvalue weighted by atomic mass is 32.2. The first-order chi connectivity index (χ1) is 9.90. The van der Waals surface area contributed by atoms with Gasteiger partial charge in [-0.05, 0) is 35.4 Å². The zero-order chi connectivity index (χ0) is 15.5. The summed E-state index contributed by atoms with van der Waals surface area (Å²) in [7, 11) is -1.17. The normalized spacial score (nSPS) is 11.4. The van der Waals surface area contributed by atoms with Gasteiger partial charge in [-0.1, -0.05) is 24.3 Å². The maximum absolute atomic E-state index is 11.5. The fraction of sp³-hybridized carbons (Fsp3) is 0.250. The summed E-state index contributed by atoms with van der Waals surface area (Å²) in [4.78, 5) is 2.41. The van der Waals surface area contributed by atoms with Gasteiger partial charge in [0.15, 0.2) is 9.84 Å². The molecule has 0 atom stereocenters. The molecule has 0 unspecified atom stereocenters. The van der Waals surface area contributed by atoms with Gasteiger partial charge in [0, 0.05) is 32.1 Å². The van der Waals surface area contributed by atoms with Gasteiger partial charge in [0.2, 0.25) is 0 Å². The van der Waals surface area contributed by atoms with Crippen LogP contribution in [0.4, 0.5) is 5.69 Å². The van der Waals surface area contributed by atoms with Crippen molar-refractivity contribution in [3.63, 3.8) is 0 Å². The van der Waals surface area contributed by atoms with Gasteiger partial charge >= 0.3 is 0 Å². The highest BCUT2D eigenvalue weighted by Gasteiger charge is 2.08. The highest BCUT2D eigenvalue weighted by Crippen LogP contribution is 2.19. The lowest BCUT2D eigenvalue weighted by molar-refractivity contribution is 0.602. The zero-order valence-corrected chi connectivity index (χ0v) is 13.1. The van der Waals surface area contributed by atoms with Crippen LogP contribution in [-0.2, 0) is 22.9 Å². The van der Waals surface area contributed by atoms with Gasteiger partial charge in [0.25, 0.3) is 0 Å². The second-order valence-corrected chi connectivity index (χ2v) is 7.16. The summed E-state index contributed by atoms with van der Waals surface area (Å²) in [5, 5.41) is 0. The van der Waals surface area contributed by atoms with Gasteiger partial charge in [-0.2, -0.15) is 0 Å². The van der Waals surface area contributed by atoms with Gasteiger partial charge < -0.3 is 10.6 Å². The number of rotatable bonds is 5. The standard InChI is InChI=1S/C16H20N2O2S/c1-18(12-14-5-3-4-13(10-14)11-17)15-6-8-16(9-7-15)21(2,19)20/h3-10H,11-12,17H2,1-2H3. The topological polar surface area (TPSA) is 63.4 Å². The maximum Gasteiger partial charge on any atom is 0.175 e. The first-order valence-electron chi connectivity index (χ1n) is 6.69. The molecule has 4 nitrogen and oxygen atoms in total. The maximum atomic E-state index is 11.5. The molecule has 0 aliphatic rings. The van der Waals surface area contributed by atoms with Crippen molar-refractivity contribution in [2.24, 2.45) is 5.73 Å². The molecule has 0 spiro atoms. The van der Waals surface area contributed by atoms with E-state index in [0.717, 1.165) is 17.8 Å². The molecule has 0 aliphatic carbocycles. The van der Waals surface area contributed by atoms with E-state index in [9.17, 15) is 8.42 Å².